The number of fused-ring (bicyclic) bond motifs is 1. The van der Waals surface area contributed by atoms with Crippen LogP contribution in [0.3, 0.4) is 0 Å². The van der Waals surface area contributed by atoms with Crippen molar-refractivity contribution in [1.29, 1.82) is 0 Å². The monoisotopic (exact) mass is 560 g/mol. The van der Waals surface area contributed by atoms with Crippen LogP contribution in [-0.2, 0) is 0 Å². The highest BCUT2D eigenvalue weighted by Gasteiger charge is 2.09. The molecule has 1 aromatic heterocycles. The Morgan fingerprint density at radius 1 is 0.811 bits per heavy atom. The standard InChI is InChI=1S/C32H37BrN2O2/c1-2-3-4-5-6-7-8-9-10-11-22-36-29-20-21-30-31(23-29)37-32(35-30)26-14-18-28(19-15-26)34-24-25-12-16-27(33)17-13-25/h12-21,23-24H,2-11,22H2,1H3. The van der Waals surface area contributed by atoms with E-state index in [0.29, 0.717) is 5.89 Å². The molecule has 0 aliphatic rings. The largest absolute Gasteiger partial charge is 0.493 e. The van der Waals surface area contributed by atoms with E-state index in [0.717, 1.165) is 51.2 Å². The number of benzene rings is 3. The molecule has 0 fully saturated rings. The van der Waals surface area contributed by atoms with Gasteiger partial charge in [0.2, 0.25) is 5.89 Å². The van der Waals surface area contributed by atoms with Crippen molar-refractivity contribution in [3.8, 4) is 17.2 Å². The van der Waals surface area contributed by atoms with Crippen molar-refractivity contribution in [1.82, 2.24) is 4.98 Å². The van der Waals surface area contributed by atoms with Crippen LogP contribution in [0, 0.1) is 0 Å². The summed E-state index contributed by atoms with van der Waals surface area (Å²) in [6.45, 7) is 3.01. The van der Waals surface area contributed by atoms with Crippen molar-refractivity contribution in [3.05, 3.63) is 76.8 Å². The minimum absolute atomic E-state index is 0.602. The van der Waals surface area contributed by atoms with Crippen molar-refractivity contribution in [2.75, 3.05) is 6.61 Å². The number of ether oxygens (including phenoxy) is 1. The van der Waals surface area contributed by atoms with Crippen molar-refractivity contribution < 1.29 is 9.15 Å². The highest BCUT2D eigenvalue weighted by molar-refractivity contribution is 9.10. The molecule has 37 heavy (non-hydrogen) atoms. The summed E-state index contributed by atoms with van der Waals surface area (Å²) in [5, 5.41) is 0. The number of hydrogen-bond acceptors (Lipinski definition) is 4. The molecule has 0 saturated heterocycles. The van der Waals surface area contributed by atoms with Gasteiger partial charge in [-0.2, -0.15) is 0 Å². The van der Waals surface area contributed by atoms with Crippen molar-refractivity contribution in [3.63, 3.8) is 0 Å². The summed E-state index contributed by atoms with van der Waals surface area (Å²) < 4.78 is 13.1. The lowest BCUT2D eigenvalue weighted by atomic mass is 10.1. The lowest BCUT2D eigenvalue weighted by molar-refractivity contribution is 0.304. The number of halogens is 1. The maximum absolute atomic E-state index is 6.05. The van der Waals surface area contributed by atoms with Gasteiger partial charge in [-0.15, -0.1) is 0 Å². The molecule has 0 unspecified atom stereocenters. The zero-order valence-electron chi connectivity index (χ0n) is 21.8. The van der Waals surface area contributed by atoms with Gasteiger partial charge in [-0.1, -0.05) is 92.8 Å². The molecule has 0 bridgehead atoms. The highest BCUT2D eigenvalue weighted by atomic mass is 79.9. The van der Waals surface area contributed by atoms with Crippen LogP contribution in [0.25, 0.3) is 22.6 Å². The third-order valence-electron chi connectivity index (χ3n) is 6.47. The highest BCUT2D eigenvalue weighted by Crippen LogP contribution is 2.28. The fourth-order valence-corrected chi connectivity index (χ4v) is 4.55. The van der Waals surface area contributed by atoms with E-state index in [1.165, 1.54) is 57.8 Å². The first-order valence-electron chi connectivity index (χ1n) is 13.6. The summed E-state index contributed by atoms with van der Waals surface area (Å²) in [4.78, 5) is 9.21. The zero-order chi connectivity index (χ0) is 25.7. The summed E-state index contributed by atoms with van der Waals surface area (Å²) in [6.07, 6.45) is 15.1. The van der Waals surface area contributed by atoms with Crippen LogP contribution >= 0.6 is 15.9 Å². The zero-order valence-corrected chi connectivity index (χ0v) is 23.4. The fraction of sp³-hybridized carbons (Fsp3) is 0.375. The molecule has 1 heterocycles. The Morgan fingerprint density at radius 3 is 2.19 bits per heavy atom. The molecule has 0 N–H and O–H groups in total. The van der Waals surface area contributed by atoms with Gasteiger partial charge in [-0.3, -0.25) is 4.99 Å². The van der Waals surface area contributed by atoms with E-state index in [9.17, 15) is 0 Å². The lowest BCUT2D eigenvalue weighted by Gasteiger charge is -2.06. The third kappa shape index (κ3) is 8.85. The number of aliphatic imine (C=N–C) groups is 1. The molecule has 0 aliphatic heterocycles. The summed E-state index contributed by atoms with van der Waals surface area (Å²) in [5.41, 5.74) is 4.43. The molecule has 0 amide bonds. The van der Waals surface area contributed by atoms with Gasteiger partial charge in [0.05, 0.1) is 12.3 Å². The van der Waals surface area contributed by atoms with Gasteiger partial charge >= 0.3 is 0 Å². The Balaban J connectivity index is 1.22. The van der Waals surface area contributed by atoms with Crippen LogP contribution in [0.4, 0.5) is 5.69 Å². The first-order chi connectivity index (χ1) is 18.2. The van der Waals surface area contributed by atoms with Gasteiger partial charge in [0, 0.05) is 22.3 Å². The van der Waals surface area contributed by atoms with E-state index in [1.54, 1.807) is 0 Å². The molecular formula is C32H37BrN2O2. The number of hydrogen-bond donors (Lipinski definition) is 0. The maximum Gasteiger partial charge on any atom is 0.227 e. The SMILES string of the molecule is CCCCCCCCCCCCOc1ccc2nc(-c3ccc(N=Cc4ccc(Br)cc4)cc3)oc2c1. The number of unbranched alkanes of at least 4 members (excludes halogenated alkanes) is 9. The van der Waals surface area contributed by atoms with Crippen molar-refractivity contribution >= 4 is 38.9 Å². The summed E-state index contributed by atoms with van der Waals surface area (Å²) in [6, 6.07) is 21.9. The van der Waals surface area contributed by atoms with Crippen LogP contribution < -0.4 is 4.74 Å². The minimum Gasteiger partial charge on any atom is -0.493 e. The van der Waals surface area contributed by atoms with Crippen LogP contribution in [0.1, 0.15) is 76.7 Å². The number of oxazole rings is 1. The van der Waals surface area contributed by atoms with E-state index < -0.39 is 0 Å². The molecule has 4 aromatic rings. The number of aromatic nitrogens is 1. The van der Waals surface area contributed by atoms with Gasteiger partial charge in [-0.25, -0.2) is 4.98 Å². The second kappa shape index (κ2) is 14.7. The predicted molar refractivity (Wildman–Crippen MR) is 158 cm³/mol. The van der Waals surface area contributed by atoms with Crippen LogP contribution in [0.5, 0.6) is 5.75 Å². The maximum atomic E-state index is 6.05. The minimum atomic E-state index is 0.602. The summed E-state index contributed by atoms with van der Waals surface area (Å²) in [7, 11) is 0. The van der Waals surface area contributed by atoms with E-state index >= 15 is 0 Å². The Kier molecular flexibility index (Phi) is 10.8. The fourth-order valence-electron chi connectivity index (χ4n) is 4.29. The van der Waals surface area contributed by atoms with Gasteiger partial charge in [0.15, 0.2) is 5.58 Å². The van der Waals surface area contributed by atoms with E-state index in [1.807, 2.05) is 72.9 Å². The molecular weight excluding hydrogens is 524 g/mol. The van der Waals surface area contributed by atoms with Crippen LogP contribution in [-0.4, -0.2) is 17.8 Å². The molecule has 194 valence electrons. The predicted octanol–water partition coefficient (Wildman–Crippen LogP) is 10.3. The van der Waals surface area contributed by atoms with Crippen molar-refractivity contribution in [2.45, 2.75) is 71.1 Å². The number of nitrogens with zero attached hydrogens (tertiary/aromatic N) is 2. The number of rotatable bonds is 15. The van der Waals surface area contributed by atoms with Gasteiger partial charge < -0.3 is 9.15 Å². The van der Waals surface area contributed by atoms with Gasteiger partial charge in [-0.05, 0) is 60.5 Å². The summed E-state index contributed by atoms with van der Waals surface area (Å²) >= 11 is 3.45. The molecule has 0 atom stereocenters. The normalized spacial score (nSPS) is 11.5. The quantitative estimate of drug-likeness (QED) is 0.107. The lowest BCUT2D eigenvalue weighted by Crippen LogP contribution is -1.97. The molecule has 5 heteroatoms. The Morgan fingerprint density at radius 2 is 1.49 bits per heavy atom. The molecule has 0 spiro atoms. The van der Waals surface area contributed by atoms with Crippen LogP contribution in [0.15, 0.2) is 80.6 Å². The summed E-state index contributed by atoms with van der Waals surface area (Å²) in [5.74, 6) is 1.44. The molecule has 4 rings (SSSR count). The van der Waals surface area contributed by atoms with E-state index in [4.69, 9.17) is 9.15 Å². The molecule has 0 radical (unpaired) electrons. The molecule has 4 nitrogen and oxygen atoms in total. The Labute approximate surface area is 229 Å². The molecule has 0 aliphatic carbocycles. The average Bonchev–Trinajstić information content (AvgIpc) is 3.35. The molecule has 0 saturated carbocycles. The average molecular weight is 562 g/mol. The topological polar surface area (TPSA) is 47.6 Å². The first-order valence-corrected chi connectivity index (χ1v) is 14.4. The molecule has 3 aromatic carbocycles. The second-order valence-corrected chi connectivity index (χ2v) is 10.5. The van der Waals surface area contributed by atoms with Crippen molar-refractivity contribution in [2.24, 2.45) is 4.99 Å². The van der Waals surface area contributed by atoms with Gasteiger partial charge in [0.25, 0.3) is 0 Å². The van der Waals surface area contributed by atoms with Gasteiger partial charge in [0.1, 0.15) is 11.3 Å². The Bertz CT molecular complexity index is 1250. The van der Waals surface area contributed by atoms with E-state index in [-0.39, 0.29) is 0 Å². The smallest absolute Gasteiger partial charge is 0.227 e. The van der Waals surface area contributed by atoms with Crippen LogP contribution in [0.2, 0.25) is 0 Å². The second-order valence-electron chi connectivity index (χ2n) is 9.54. The van der Waals surface area contributed by atoms with E-state index in [2.05, 4.69) is 32.8 Å². The third-order valence-corrected chi connectivity index (χ3v) is 7.00. The Hall–Kier alpha value is -2.92. The first kappa shape index (κ1) is 27.1.